The minimum atomic E-state index is 0.232. The molecule has 1 aliphatic carbocycles. The van der Waals surface area contributed by atoms with Crippen molar-refractivity contribution in [1.82, 2.24) is 14.7 Å². The van der Waals surface area contributed by atoms with Gasteiger partial charge in [0.25, 0.3) is 0 Å². The molecule has 1 aromatic heterocycles. The molecule has 4 heteroatoms. The molecule has 90 valence electrons. The second kappa shape index (κ2) is 4.55. The van der Waals surface area contributed by atoms with Crippen molar-refractivity contribution in [1.29, 1.82) is 0 Å². The fourth-order valence-electron chi connectivity index (χ4n) is 2.77. The van der Waals surface area contributed by atoms with Crippen molar-refractivity contribution >= 4 is 0 Å². The van der Waals surface area contributed by atoms with Gasteiger partial charge in [-0.1, -0.05) is 12.8 Å². The molecule has 2 N–H and O–H groups in total. The average molecular weight is 222 g/mol. The Morgan fingerprint density at radius 1 is 1.50 bits per heavy atom. The first-order valence-corrected chi connectivity index (χ1v) is 6.05. The van der Waals surface area contributed by atoms with E-state index in [1.54, 1.807) is 0 Å². The maximum Gasteiger partial charge on any atom is 0.0534 e. The van der Waals surface area contributed by atoms with Crippen LogP contribution >= 0.6 is 0 Å². The van der Waals surface area contributed by atoms with Gasteiger partial charge in [0.05, 0.1) is 6.20 Å². The van der Waals surface area contributed by atoms with Gasteiger partial charge >= 0.3 is 0 Å². The Morgan fingerprint density at radius 3 is 2.69 bits per heavy atom. The van der Waals surface area contributed by atoms with Crippen LogP contribution in [0.5, 0.6) is 0 Å². The zero-order valence-electron chi connectivity index (χ0n) is 10.3. The standard InChI is InChI=1S/C12H22N4/c1-15(8-11-7-14-16(2)9-11)12(10-13)5-3-4-6-12/h7,9H,3-6,8,10,13H2,1-2H3. The average Bonchev–Trinajstić information content (AvgIpc) is 2.88. The number of nitrogens with two attached hydrogens (primary N) is 1. The summed E-state index contributed by atoms with van der Waals surface area (Å²) >= 11 is 0. The Labute approximate surface area is 97.4 Å². The second-order valence-electron chi connectivity index (χ2n) is 5.01. The van der Waals surface area contributed by atoms with Crippen molar-refractivity contribution in [2.45, 2.75) is 37.8 Å². The molecule has 0 unspecified atom stereocenters. The highest BCUT2D eigenvalue weighted by atomic mass is 15.2. The fraction of sp³-hybridized carbons (Fsp3) is 0.750. The molecule has 0 saturated heterocycles. The summed E-state index contributed by atoms with van der Waals surface area (Å²) in [7, 11) is 4.14. The highest BCUT2D eigenvalue weighted by molar-refractivity contribution is 5.06. The first kappa shape index (κ1) is 11.6. The summed E-state index contributed by atoms with van der Waals surface area (Å²) in [5.74, 6) is 0. The number of likely N-dealkylation sites (N-methyl/N-ethyl adjacent to an activating group) is 1. The minimum absolute atomic E-state index is 0.232. The molecule has 4 nitrogen and oxygen atoms in total. The largest absolute Gasteiger partial charge is 0.329 e. The molecule has 2 rings (SSSR count). The highest BCUT2D eigenvalue weighted by Crippen LogP contribution is 2.34. The molecule has 0 atom stereocenters. The number of aryl methyl sites for hydroxylation is 1. The van der Waals surface area contributed by atoms with Gasteiger partial charge in [-0.3, -0.25) is 9.58 Å². The molecule has 1 aromatic rings. The van der Waals surface area contributed by atoms with Gasteiger partial charge in [0.15, 0.2) is 0 Å². The van der Waals surface area contributed by atoms with Crippen LogP contribution in [0.1, 0.15) is 31.2 Å². The molecule has 0 bridgehead atoms. The molecule has 0 spiro atoms. The number of rotatable bonds is 4. The Morgan fingerprint density at radius 2 is 2.19 bits per heavy atom. The summed E-state index contributed by atoms with van der Waals surface area (Å²) in [6, 6.07) is 0. The van der Waals surface area contributed by atoms with Crippen LogP contribution in [0.15, 0.2) is 12.4 Å². The number of hydrogen-bond donors (Lipinski definition) is 1. The molecule has 1 aliphatic rings. The van der Waals surface area contributed by atoms with Gasteiger partial charge in [0.2, 0.25) is 0 Å². The van der Waals surface area contributed by atoms with E-state index < -0.39 is 0 Å². The predicted octanol–water partition coefficient (Wildman–Crippen LogP) is 1.12. The summed E-state index contributed by atoms with van der Waals surface area (Å²) in [6.07, 6.45) is 9.12. The van der Waals surface area contributed by atoms with Gasteiger partial charge in [-0.05, 0) is 19.9 Å². The van der Waals surface area contributed by atoms with Crippen LogP contribution in [0, 0.1) is 0 Å². The van der Waals surface area contributed by atoms with Crippen LogP contribution in [0.25, 0.3) is 0 Å². The van der Waals surface area contributed by atoms with E-state index in [1.807, 2.05) is 17.9 Å². The van der Waals surface area contributed by atoms with E-state index in [0.29, 0.717) is 0 Å². The van der Waals surface area contributed by atoms with E-state index in [4.69, 9.17) is 5.73 Å². The summed E-state index contributed by atoms with van der Waals surface area (Å²) in [4.78, 5) is 2.41. The molecular weight excluding hydrogens is 200 g/mol. The maximum atomic E-state index is 5.97. The first-order valence-electron chi connectivity index (χ1n) is 6.05. The van der Waals surface area contributed by atoms with E-state index in [-0.39, 0.29) is 5.54 Å². The summed E-state index contributed by atoms with van der Waals surface area (Å²) in [5.41, 5.74) is 7.47. The third-order valence-electron chi connectivity index (χ3n) is 3.90. The van der Waals surface area contributed by atoms with Gasteiger partial charge in [0, 0.05) is 37.4 Å². The SMILES string of the molecule is CN(Cc1cnn(C)c1)C1(CN)CCCC1. The van der Waals surface area contributed by atoms with Crippen molar-refractivity contribution in [2.75, 3.05) is 13.6 Å². The van der Waals surface area contributed by atoms with E-state index >= 15 is 0 Å². The fourth-order valence-corrected chi connectivity index (χ4v) is 2.77. The van der Waals surface area contributed by atoms with Gasteiger partial charge in [-0.25, -0.2) is 0 Å². The zero-order chi connectivity index (χ0) is 11.6. The smallest absolute Gasteiger partial charge is 0.0534 e. The monoisotopic (exact) mass is 222 g/mol. The molecule has 0 radical (unpaired) electrons. The van der Waals surface area contributed by atoms with E-state index in [9.17, 15) is 0 Å². The number of aromatic nitrogens is 2. The van der Waals surface area contributed by atoms with E-state index in [2.05, 4.69) is 23.2 Å². The molecule has 1 heterocycles. The van der Waals surface area contributed by atoms with E-state index in [1.165, 1.54) is 31.2 Å². The highest BCUT2D eigenvalue weighted by Gasteiger charge is 2.36. The molecule has 1 fully saturated rings. The molecular formula is C12H22N4. The van der Waals surface area contributed by atoms with Crippen molar-refractivity contribution in [3.05, 3.63) is 18.0 Å². The lowest BCUT2D eigenvalue weighted by atomic mass is 9.95. The van der Waals surface area contributed by atoms with Crippen LogP contribution in [-0.4, -0.2) is 33.8 Å². The lowest BCUT2D eigenvalue weighted by molar-refractivity contribution is 0.124. The third-order valence-corrected chi connectivity index (χ3v) is 3.90. The lowest BCUT2D eigenvalue weighted by Gasteiger charge is -2.37. The van der Waals surface area contributed by atoms with Crippen LogP contribution in [0.2, 0.25) is 0 Å². The third kappa shape index (κ3) is 2.13. The van der Waals surface area contributed by atoms with Gasteiger partial charge in [-0.15, -0.1) is 0 Å². The Bertz CT molecular complexity index is 339. The summed E-state index contributed by atoms with van der Waals surface area (Å²) in [5, 5.41) is 4.20. The summed E-state index contributed by atoms with van der Waals surface area (Å²) < 4.78 is 1.85. The van der Waals surface area contributed by atoms with Crippen LogP contribution in [0.3, 0.4) is 0 Å². The Hall–Kier alpha value is -0.870. The van der Waals surface area contributed by atoms with Gasteiger partial charge in [0.1, 0.15) is 0 Å². The lowest BCUT2D eigenvalue weighted by Crippen LogP contribution is -2.49. The molecule has 16 heavy (non-hydrogen) atoms. The second-order valence-corrected chi connectivity index (χ2v) is 5.01. The van der Waals surface area contributed by atoms with Crippen LogP contribution in [-0.2, 0) is 13.6 Å². The maximum absolute atomic E-state index is 5.97. The molecule has 0 aromatic carbocycles. The first-order chi connectivity index (χ1) is 7.66. The normalized spacial score (nSPS) is 19.5. The molecule has 0 amide bonds. The van der Waals surface area contributed by atoms with E-state index in [0.717, 1.165) is 13.1 Å². The van der Waals surface area contributed by atoms with Gasteiger partial charge in [-0.2, -0.15) is 5.10 Å². The Balaban J connectivity index is 2.03. The zero-order valence-corrected chi connectivity index (χ0v) is 10.3. The quantitative estimate of drug-likeness (QED) is 0.830. The molecule has 0 aliphatic heterocycles. The van der Waals surface area contributed by atoms with Crippen molar-refractivity contribution in [3.63, 3.8) is 0 Å². The van der Waals surface area contributed by atoms with Crippen molar-refractivity contribution in [3.8, 4) is 0 Å². The number of nitrogens with zero attached hydrogens (tertiary/aromatic N) is 3. The Kier molecular flexibility index (Phi) is 3.30. The summed E-state index contributed by atoms with van der Waals surface area (Å²) in [6.45, 7) is 1.72. The van der Waals surface area contributed by atoms with Crippen molar-refractivity contribution < 1.29 is 0 Å². The number of hydrogen-bond acceptors (Lipinski definition) is 3. The topological polar surface area (TPSA) is 47.1 Å². The van der Waals surface area contributed by atoms with Crippen molar-refractivity contribution in [2.24, 2.45) is 12.8 Å². The minimum Gasteiger partial charge on any atom is -0.329 e. The van der Waals surface area contributed by atoms with Crippen LogP contribution in [0.4, 0.5) is 0 Å². The van der Waals surface area contributed by atoms with Gasteiger partial charge < -0.3 is 5.73 Å². The van der Waals surface area contributed by atoms with Crippen LogP contribution < -0.4 is 5.73 Å². The predicted molar refractivity (Wildman–Crippen MR) is 64.9 cm³/mol. The molecule has 1 saturated carbocycles.